The standard InChI is InChI=1S/C23H25N3O3/c1-15(23(28)29)11-18-7-9-21(10-8-18)24-22(27)20-6-4-5-19(13-20)14-26-17(3)12-16(2)25-26/h4-10,12-13,15H,11,14H2,1-3H3,(H,24,27)(H,28,29). The number of nitrogens with zero attached hydrogens (tertiary/aromatic N) is 2. The number of carbonyl (C=O) groups excluding carboxylic acids is 1. The van der Waals surface area contributed by atoms with Crippen molar-refractivity contribution in [3.05, 3.63) is 82.7 Å². The SMILES string of the molecule is Cc1cc(C)n(Cc2cccc(C(=O)Nc3ccc(CC(C)C(=O)O)cc3)c2)n1. The molecule has 6 nitrogen and oxygen atoms in total. The number of carboxylic acid groups (broad SMARTS) is 1. The Morgan fingerprint density at radius 1 is 1.07 bits per heavy atom. The van der Waals surface area contributed by atoms with Crippen molar-refractivity contribution >= 4 is 17.6 Å². The van der Waals surface area contributed by atoms with E-state index in [2.05, 4.69) is 10.4 Å². The number of amides is 1. The van der Waals surface area contributed by atoms with Crippen LogP contribution in [0.15, 0.2) is 54.6 Å². The van der Waals surface area contributed by atoms with Gasteiger partial charge in [0.25, 0.3) is 5.91 Å². The number of benzene rings is 2. The highest BCUT2D eigenvalue weighted by molar-refractivity contribution is 6.04. The molecule has 1 atom stereocenters. The van der Waals surface area contributed by atoms with Crippen molar-refractivity contribution in [3.8, 4) is 0 Å². The lowest BCUT2D eigenvalue weighted by molar-refractivity contribution is -0.141. The molecule has 0 aliphatic rings. The minimum atomic E-state index is -0.817. The fourth-order valence-corrected chi connectivity index (χ4v) is 3.19. The van der Waals surface area contributed by atoms with E-state index in [9.17, 15) is 9.59 Å². The fourth-order valence-electron chi connectivity index (χ4n) is 3.19. The molecule has 3 aromatic rings. The van der Waals surface area contributed by atoms with E-state index < -0.39 is 11.9 Å². The molecule has 6 heteroatoms. The third-order valence-corrected chi connectivity index (χ3v) is 4.80. The molecule has 2 N–H and O–H groups in total. The van der Waals surface area contributed by atoms with E-state index in [-0.39, 0.29) is 5.91 Å². The first-order valence-electron chi connectivity index (χ1n) is 9.55. The molecule has 1 amide bonds. The van der Waals surface area contributed by atoms with Crippen LogP contribution in [0, 0.1) is 19.8 Å². The van der Waals surface area contributed by atoms with Gasteiger partial charge in [0.1, 0.15) is 0 Å². The maximum Gasteiger partial charge on any atom is 0.306 e. The van der Waals surface area contributed by atoms with E-state index >= 15 is 0 Å². The van der Waals surface area contributed by atoms with Crippen molar-refractivity contribution in [1.29, 1.82) is 0 Å². The van der Waals surface area contributed by atoms with E-state index in [0.717, 1.165) is 22.5 Å². The van der Waals surface area contributed by atoms with Gasteiger partial charge in [-0.15, -0.1) is 0 Å². The van der Waals surface area contributed by atoms with Crippen LogP contribution in [0.2, 0.25) is 0 Å². The molecule has 0 aliphatic heterocycles. The molecule has 150 valence electrons. The van der Waals surface area contributed by atoms with Gasteiger partial charge in [-0.2, -0.15) is 5.10 Å². The van der Waals surface area contributed by atoms with Gasteiger partial charge < -0.3 is 10.4 Å². The summed E-state index contributed by atoms with van der Waals surface area (Å²) in [6, 6.07) is 16.8. The lowest BCUT2D eigenvalue weighted by Crippen LogP contribution is -2.13. The third kappa shape index (κ3) is 5.31. The molecule has 0 saturated heterocycles. The van der Waals surface area contributed by atoms with Gasteiger partial charge in [-0.3, -0.25) is 14.3 Å². The third-order valence-electron chi connectivity index (χ3n) is 4.80. The van der Waals surface area contributed by atoms with Gasteiger partial charge in [0.2, 0.25) is 0 Å². The molecular formula is C23H25N3O3. The second kappa shape index (κ2) is 8.73. The minimum Gasteiger partial charge on any atom is -0.481 e. The second-order valence-electron chi connectivity index (χ2n) is 7.38. The summed E-state index contributed by atoms with van der Waals surface area (Å²) in [7, 11) is 0. The first-order chi connectivity index (χ1) is 13.8. The van der Waals surface area contributed by atoms with Crippen molar-refractivity contribution in [2.45, 2.75) is 33.7 Å². The molecular weight excluding hydrogens is 366 g/mol. The molecule has 1 unspecified atom stereocenters. The Labute approximate surface area is 170 Å². The molecule has 29 heavy (non-hydrogen) atoms. The van der Waals surface area contributed by atoms with Crippen LogP contribution in [0.1, 0.15) is 39.8 Å². The summed E-state index contributed by atoms with van der Waals surface area (Å²) in [6.45, 7) is 6.26. The summed E-state index contributed by atoms with van der Waals surface area (Å²) in [6.07, 6.45) is 0.456. The van der Waals surface area contributed by atoms with Crippen LogP contribution >= 0.6 is 0 Å². The summed E-state index contributed by atoms with van der Waals surface area (Å²) in [4.78, 5) is 23.6. The molecule has 0 spiro atoms. The zero-order valence-electron chi connectivity index (χ0n) is 16.8. The van der Waals surface area contributed by atoms with Gasteiger partial charge in [0.15, 0.2) is 0 Å². The lowest BCUT2D eigenvalue weighted by Gasteiger charge is -2.10. The van der Waals surface area contributed by atoms with Gasteiger partial charge >= 0.3 is 5.97 Å². The summed E-state index contributed by atoms with van der Waals surface area (Å²) < 4.78 is 1.92. The van der Waals surface area contributed by atoms with Crippen LogP contribution in [-0.4, -0.2) is 26.8 Å². The number of carboxylic acids is 1. The summed E-state index contributed by atoms with van der Waals surface area (Å²) in [5.74, 6) is -1.45. The van der Waals surface area contributed by atoms with Gasteiger partial charge in [0, 0.05) is 16.9 Å². The molecule has 3 rings (SSSR count). The Morgan fingerprint density at radius 2 is 1.79 bits per heavy atom. The van der Waals surface area contributed by atoms with Crippen molar-refractivity contribution in [2.75, 3.05) is 5.32 Å². The fraction of sp³-hybridized carbons (Fsp3) is 0.261. The van der Waals surface area contributed by atoms with E-state index in [0.29, 0.717) is 24.2 Å². The summed E-state index contributed by atoms with van der Waals surface area (Å²) in [5.41, 5.74) is 5.22. The van der Waals surface area contributed by atoms with Crippen LogP contribution in [0.25, 0.3) is 0 Å². The second-order valence-corrected chi connectivity index (χ2v) is 7.38. The predicted octanol–water partition coefficient (Wildman–Crippen LogP) is 4.06. The number of anilines is 1. The monoisotopic (exact) mass is 391 g/mol. The number of hydrogen-bond acceptors (Lipinski definition) is 3. The largest absolute Gasteiger partial charge is 0.481 e. The maximum absolute atomic E-state index is 12.6. The average Bonchev–Trinajstić information content (AvgIpc) is 3.00. The van der Waals surface area contributed by atoms with Crippen molar-refractivity contribution in [2.24, 2.45) is 5.92 Å². The Hall–Kier alpha value is -3.41. The van der Waals surface area contributed by atoms with Gasteiger partial charge in [-0.05, 0) is 61.7 Å². The zero-order chi connectivity index (χ0) is 21.0. The molecule has 0 bridgehead atoms. The van der Waals surface area contributed by atoms with E-state index in [1.807, 2.05) is 54.9 Å². The van der Waals surface area contributed by atoms with Crippen LogP contribution in [-0.2, 0) is 17.8 Å². The molecule has 0 saturated carbocycles. The number of hydrogen-bond donors (Lipinski definition) is 2. The lowest BCUT2D eigenvalue weighted by atomic mass is 10.0. The molecule has 0 radical (unpaired) electrons. The van der Waals surface area contributed by atoms with E-state index in [4.69, 9.17) is 5.11 Å². The molecule has 1 heterocycles. The van der Waals surface area contributed by atoms with E-state index in [1.54, 1.807) is 25.1 Å². The maximum atomic E-state index is 12.6. The normalized spacial score (nSPS) is 11.8. The Bertz CT molecular complexity index is 1020. The number of carbonyl (C=O) groups is 2. The zero-order valence-corrected chi connectivity index (χ0v) is 16.8. The number of aliphatic carboxylic acids is 1. The number of aromatic nitrogens is 2. The topological polar surface area (TPSA) is 84.2 Å². The first-order valence-corrected chi connectivity index (χ1v) is 9.55. The average molecular weight is 391 g/mol. The van der Waals surface area contributed by atoms with Gasteiger partial charge in [0.05, 0.1) is 18.2 Å². The van der Waals surface area contributed by atoms with Gasteiger partial charge in [-0.1, -0.05) is 31.2 Å². The Kier molecular flexibility index (Phi) is 6.12. The summed E-state index contributed by atoms with van der Waals surface area (Å²) in [5, 5.41) is 16.4. The number of rotatable bonds is 7. The van der Waals surface area contributed by atoms with Crippen LogP contribution in [0.3, 0.4) is 0 Å². The van der Waals surface area contributed by atoms with Crippen molar-refractivity contribution in [3.63, 3.8) is 0 Å². The number of nitrogens with one attached hydrogen (secondary N) is 1. The highest BCUT2D eigenvalue weighted by Crippen LogP contribution is 2.16. The van der Waals surface area contributed by atoms with Crippen LogP contribution in [0.4, 0.5) is 5.69 Å². The quantitative estimate of drug-likeness (QED) is 0.636. The minimum absolute atomic E-state index is 0.188. The Balaban J connectivity index is 1.66. The summed E-state index contributed by atoms with van der Waals surface area (Å²) >= 11 is 0. The predicted molar refractivity (Wildman–Crippen MR) is 112 cm³/mol. The van der Waals surface area contributed by atoms with Crippen molar-refractivity contribution < 1.29 is 14.7 Å². The molecule has 1 aromatic heterocycles. The van der Waals surface area contributed by atoms with Gasteiger partial charge in [-0.25, -0.2) is 0 Å². The highest BCUT2D eigenvalue weighted by Gasteiger charge is 2.12. The van der Waals surface area contributed by atoms with Crippen molar-refractivity contribution in [1.82, 2.24) is 9.78 Å². The molecule has 0 aliphatic carbocycles. The van der Waals surface area contributed by atoms with Crippen LogP contribution < -0.4 is 5.32 Å². The first kappa shape index (κ1) is 20.3. The number of aryl methyl sites for hydroxylation is 2. The van der Waals surface area contributed by atoms with E-state index in [1.165, 1.54) is 0 Å². The van der Waals surface area contributed by atoms with Crippen LogP contribution in [0.5, 0.6) is 0 Å². The molecule has 0 fully saturated rings. The smallest absolute Gasteiger partial charge is 0.306 e. The molecule has 2 aromatic carbocycles. The highest BCUT2D eigenvalue weighted by atomic mass is 16.4. The Morgan fingerprint density at radius 3 is 2.41 bits per heavy atom.